The van der Waals surface area contributed by atoms with Crippen molar-refractivity contribution in [2.75, 3.05) is 26.9 Å². The lowest BCUT2D eigenvalue weighted by Gasteiger charge is -2.02. The van der Waals surface area contributed by atoms with Crippen molar-refractivity contribution in [1.29, 1.82) is 0 Å². The lowest BCUT2D eigenvalue weighted by atomic mass is 10.2. The summed E-state index contributed by atoms with van der Waals surface area (Å²) in [6.07, 6.45) is 4.91. The van der Waals surface area contributed by atoms with E-state index in [-0.39, 0.29) is 0 Å². The molecule has 0 aromatic carbocycles. The van der Waals surface area contributed by atoms with Crippen LogP contribution < -0.4 is 11.1 Å². The standard InChI is InChI=1S/C8H20N2O/c1-11-8-10-7-5-3-2-4-6-9/h10H,2-9H2,1H3. The first-order valence-corrected chi connectivity index (χ1v) is 4.31. The van der Waals surface area contributed by atoms with Gasteiger partial charge in [-0.05, 0) is 25.9 Å². The summed E-state index contributed by atoms with van der Waals surface area (Å²) in [4.78, 5) is 0. The van der Waals surface area contributed by atoms with Crippen LogP contribution in [0, 0.1) is 0 Å². The molecule has 0 aromatic rings. The second-order valence-corrected chi connectivity index (χ2v) is 2.64. The number of nitrogens with one attached hydrogen (secondary N) is 1. The lowest BCUT2D eigenvalue weighted by Crippen LogP contribution is -2.17. The van der Waals surface area contributed by atoms with E-state index < -0.39 is 0 Å². The summed E-state index contributed by atoms with van der Waals surface area (Å²) < 4.78 is 4.84. The van der Waals surface area contributed by atoms with Crippen LogP contribution >= 0.6 is 0 Å². The summed E-state index contributed by atoms with van der Waals surface area (Å²) in [5.41, 5.74) is 5.36. The number of rotatable bonds is 8. The summed E-state index contributed by atoms with van der Waals surface area (Å²) in [6, 6.07) is 0. The molecule has 3 N–H and O–H groups in total. The third-order valence-corrected chi connectivity index (χ3v) is 1.55. The van der Waals surface area contributed by atoms with Crippen molar-refractivity contribution in [3.05, 3.63) is 0 Å². The summed E-state index contributed by atoms with van der Waals surface area (Å²) in [5, 5.41) is 3.16. The van der Waals surface area contributed by atoms with Crippen molar-refractivity contribution in [1.82, 2.24) is 5.32 Å². The van der Waals surface area contributed by atoms with Crippen molar-refractivity contribution < 1.29 is 4.74 Å². The molecule has 0 aliphatic carbocycles. The van der Waals surface area contributed by atoms with Crippen molar-refractivity contribution in [2.45, 2.75) is 25.7 Å². The molecule has 0 radical (unpaired) electrons. The van der Waals surface area contributed by atoms with Gasteiger partial charge in [0.1, 0.15) is 0 Å². The summed E-state index contributed by atoms with van der Waals surface area (Å²) in [7, 11) is 1.70. The van der Waals surface area contributed by atoms with E-state index in [1.165, 1.54) is 19.3 Å². The minimum atomic E-state index is 0.664. The second-order valence-electron chi connectivity index (χ2n) is 2.64. The van der Waals surface area contributed by atoms with E-state index in [4.69, 9.17) is 10.5 Å². The third kappa shape index (κ3) is 9.88. The largest absolute Gasteiger partial charge is 0.370 e. The average Bonchev–Trinajstić information content (AvgIpc) is 2.03. The van der Waals surface area contributed by atoms with E-state index >= 15 is 0 Å². The molecule has 3 nitrogen and oxygen atoms in total. The molecule has 0 fully saturated rings. The molecule has 0 unspecified atom stereocenters. The lowest BCUT2D eigenvalue weighted by molar-refractivity contribution is 0.175. The molecule has 0 rings (SSSR count). The number of hydrogen-bond donors (Lipinski definition) is 2. The highest BCUT2D eigenvalue weighted by atomic mass is 16.5. The van der Waals surface area contributed by atoms with Gasteiger partial charge in [-0.15, -0.1) is 0 Å². The van der Waals surface area contributed by atoms with Crippen LogP contribution in [-0.4, -0.2) is 26.9 Å². The van der Waals surface area contributed by atoms with Crippen molar-refractivity contribution in [2.24, 2.45) is 5.73 Å². The van der Waals surface area contributed by atoms with Crippen LogP contribution in [0.5, 0.6) is 0 Å². The molecule has 0 bridgehead atoms. The van der Waals surface area contributed by atoms with Gasteiger partial charge in [0.05, 0.1) is 6.73 Å². The van der Waals surface area contributed by atoms with Crippen LogP contribution in [0.15, 0.2) is 0 Å². The van der Waals surface area contributed by atoms with Crippen LogP contribution in [0.1, 0.15) is 25.7 Å². The van der Waals surface area contributed by atoms with Crippen molar-refractivity contribution in [3.63, 3.8) is 0 Å². The number of methoxy groups -OCH3 is 1. The maximum Gasteiger partial charge on any atom is 0.0961 e. The van der Waals surface area contributed by atoms with E-state index in [9.17, 15) is 0 Å². The van der Waals surface area contributed by atoms with E-state index in [0.717, 1.165) is 19.5 Å². The fourth-order valence-electron chi connectivity index (χ4n) is 0.922. The first-order valence-electron chi connectivity index (χ1n) is 4.31. The molecule has 0 heterocycles. The Balaban J connectivity index is 2.69. The fraction of sp³-hybridized carbons (Fsp3) is 1.00. The number of hydrogen-bond acceptors (Lipinski definition) is 3. The minimum Gasteiger partial charge on any atom is -0.370 e. The highest BCUT2D eigenvalue weighted by molar-refractivity contribution is 4.46. The number of nitrogens with two attached hydrogens (primary N) is 1. The molecule has 0 spiro atoms. The van der Waals surface area contributed by atoms with Gasteiger partial charge < -0.3 is 10.5 Å². The van der Waals surface area contributed by atoms with Gasteiger partial charge >= 0.3 is 0 Å². The van der Waals surface area contributed by atoms with Gasteiger partial charge in [0, 0.05) is 7.11 Å². The Morgan fingerprint density at radius 3 is 2.55 bits per heavy atom. The summed E-state index contributed by atoms with van der Waals surface area (Å²) >= 11 is 0. The molecule has 11 heavy (non-hydrogen) atoms. The molecular formula is C8H20N2O. The number of unbranched alkanes of at least 4 members (excludes halogenated alkanes) is 3. The highest BCUT2D eigenvalue weighted by Gasteiger charge is 1.87. The fourth-order valence-corrected chi connectivity index (χ4v) is 0.922. The predicted molar refractivity (Wildman–Crippen MR) is 47.4 cm³/mol. The normalized spacial score (nSPS) is 10.4. The Hall–Kier alpha value is -0.120. The summed E-state index contributed by atoms with van der Waals surface area (Å²) in [6.45, 7) is 2.54. The molecule has 0 saturated heterocycles. The van der Waals surface area contributed by atoms with Gasteiger partial charge in [0.25, 0.3) is 0 Å². The van der Waals surface area contributed by atoms with Crippen LogP contribution in [0.3, 0.4) is 0 Å². The topological polar surface area (TPSA) is 47.3 Å². The highest BCUT2D eigenvalue weighted by Crippen LogP contribution is 1.96. The number of ether oxygens (including phenoxy) is 1. The Morgan fingerprint density at radius 2 is 1.91 bits per heavy atom. The quantitative estimate of drug-likeness (QED) is 0.406. The van der Waals surface area contributed by atoms with Crippen LogP contribution in [-0.2, 0) is 4.74 Å². The second kappa shape index (κ2) is 9.88. The predicted octanol–water partition coefficient (Wildman–Crippen LogP) is 0.699. The van der Waals surface area contributed by atoms with Gasteiger partial charge in [0.15, 0.2) is 0 Å². The molecular weight excluding hydrogens is 140 g/mol. The molecule has 0 aliphatic rings. The van der Waals surface area contributed by atoms with E-state index in [1.54, 1.807) is 7.11 Å². The zero-order valence-corrected chi connectivity index (χ0v) is 7.44. The minimum absolute atomic E-state index is 0.664. The maximum absolute atomic E-state index is 5.36. The first kappa shape index (κ1) is 10.9. The maximum atomic E-state index is 5.36. The van der Waals surface area contributed by atoms with Gasteiger partial charge in [-0.25, -0.2) is 0 Å². The zero-order chi connectivity index (χ0) is 8.36. The van der Waals surface area contributed by atoms with Crippen molar-refractivity contribution in [3.8, 4) is 0 Å². The Morgan fingerprint density at radius 1 is 1.18 bits per heavy atom. The molecule has 3 heteroatoms. The van der Waals surface area contributed by atoms with Gasteiger partial charge in [-0.3, -0.25) is 5.32 Å². The van der Waals surface area contributed by atoms with Crippen molar-refractivity contribution >= 4 is 0 Å². The van der Waals surface area contributed by atoms with Crippen LogP contribution in [0.25, 0.3) is 0 Å². The van der Waals surface area contributed by atoms with Gasteiger partial charge in [-0.2, -0.15) is 0 Å². The Kier molecular flexibility index (Phi) is 9.77. The Bertz CT molecular complexity index is 61.1. The monoisotopic (exact) mass is 160 g/mol. The molecule has 0 aliphatic heterocycles. The van der Waals surface area contributed by atoms with Gasteiger partial charge in [-0.1, -0.05) is 12.8 Å². The zero-order valence-electron chi connectivity index (χ0n) is 7.44. The van der Waals surface area contributed by atoms with Crippen LogP contribution in [0.2, 0.25) is 0 Å². The molecule has 68 valence electrons. The van der Waals surface area contributed by atoms with E-state index in [0.29, 0.717) is 6.73 Å². The van der Waals surface area contributed by atoms with E-state index in [2.05, 4.69) is 5.32 Å². The summed E-state index contributed by atoms with van der Waals surface area (Å²) in [5.74, 6) is 0. The smallest absolute Gasteiger partial charge is 0.0961 e. The third-order valence-electron chi connectivity index (χ3n) is 1.55. The van der Waals surface area contributed by atoms with Gasteiger partial charge in [0.2, 0.25) is 0 Å². The molecule has 0 atom stereocenters. The first-order chi connectivity index (χ1) is 5.41. The SMILES string of the molecule is COCNCCCCCCN. The molecule has 0 saturated carbocycles. The van der Waals surface area contributed by atoms with Crippen LogP contribution in [0.4, 0.5) is 0 Å². The molecule has 0 amide bonds. The Labute approximate surface area is 69.3 Å². The molecule has 0 aromatic heterocycles. The average molecular weight is 160 g/mol. The van der Waals surface area contributed by atoms with E-state index in [1.807, 2.05) is 0 Å².